The molecule has 48 heavy (non-hydrogen) atoms. The summed E-state index contributed by atoms with van der Waals surface area (Å²) in [6, 6.07) is 14.0. The van der Waals surface area contributed by atoms with Crippen LogP contribution in [0.15, 0.2) is 48.5 Å². The van der Waals surface area contributed by atoms with E-state index in [-0.39, 0.29) is 24.0 Å². The standard InChI is InChI=1S/C37H53N7O4/c38-35(47)31(26-37(17-5-2-6-18-37)34(46)28-15-20-40-21-16-28)43-36(48)41-29-13-14-32(44-23-8-19-39-22-24-44)30(25-29)42-33(45)12-7-11-27-9-3-1-4-10-27/h1,3-4,9-10,13-14,25,28,31,39-40H,2,5-8,11-12,15-24,26H2,(H2,38,47)(H,42,45)(H2,41,43,48). The molecule has 2 aromatic rings. The van der Waals surface area contributed by atoms with E-state index in [1.165, 1.54) is 5.56 Å². The average molecular weight is 660 g/mol. The van der Waals surface area contributed by atoms with E-state index in [2.05, 4.69) is 43.6 Å². The molecule has 3 fully saturated rings. The molecule has 0 aromatic heterocycles. The third-order valence-electron chi connectivity index (χ3n) is 10.2. The lowest BCUT2D eigenvalue weighted by atomic mass is 9.63. The molecule has 11 nitrogen and oxygen atoms in total. The first-order valence-corrected chi connectivity index (χ1v) is 17.9. The molecule has 1 aliphatic carbocycles. The Balaban J connectivity index is 1.27. The van der Waals surface area contributed by atoms with Gasteiger partial charge in [-0.25, -0.2) is 4.79 Å². The number of rotatable bonds is 13. The predicted molar refractivity (Wildman–Crippen MR) is 190 cm³/mol. The van der Waals surface area contributed by atoms with Crippen LogP contribution in [0.3, 0.4) is 0 Å². The van der Waals surface area contributed by atoms with Crippen molar-refractivity contribution in [3.8, 4) is 0 Å². The van der Waals surface area contributed by atoms with Crippen molar-refractivity contribution in [3.05, 3.63) is 54.1 Å². The summed E-state index contributed by atoms with van der Waals surface area (Å²) in [5.74, 6) is -0.550. The van der Waals surface area contributed by atoms with Gasteiger partial charge in [0.1, 0.15) is 11.8 Å². The number of hydrogen-bond donors (Lipinski definition) is 6. The third-order valence-corrected chi connectivity index (χ3v) is 10.2. The van der Waals surface area contributed by atoms with E-state index in [1.54, 1.807) is 12.1 Å². The van der Waals surface area contributed by atoms with Gasteiger partial charge in [0.25, 0.3) is 0 Å². The molecular weight excluding hydrogens is 606 g/mol. The minimum atomic E-state index is -0.985. The van der Waals surface area contributed by atoms with Crippen molar-refractivity contribution in [1.29, 1.82) is 0 Å². The fourth-order valence-electron chi connectivity index (χ4n) is 7.62. The van der Waals surface area contributed by atoms with E-state index in [0.717, 1.165) is 96.3 Å². The summed E-state index contributed by atoms with van der Waals surface area (Å²) in [4.78, 5) is 55.3. The van der Waals surface area contributed by atoms with E-state index in [0.29, 0.717) is 30.6 Å². The van der Waals surface area contributed by atoms with Gasteiger partial charge in [-0.05, 0) is 94.8 Å². The maximum Gasteiger partial charge on any atom is 0.319 e. The van der Waals surface area contributed by atoms with Crippen molar-refractivity contribution in [1.82, 2.24) is 16.0 Å². The van der Waals surface area contributed by atoms with E-state index in [9.17, 15) is 19.2 Å². The van der Waals surface area contributed by atoms with Crippen molar-refractivity contribution in [2.24, 2.45) is 17.1 Å². The highest BCUT2D eigenvalue weighted by molar-refractivity contribution is 5.98. The zero-order chi connectivity index (χ0) is 33.8. The van der Waals surface area contributed by atoms with Crippen LogP contribution in [0, 0.1) is 11.3 Å². The second-order valence-electron chi connectivity index (χ2n) is 13.7. The first kappa shape index (κ1) is 35.3. The predicted octanol–water partition coefficient (Wildman–Crippen LogP) is 4.33. The van der Waals surface area contributed by atoms with Crippen LogP contribution in [0.25, 0.3) is 0 Å². The van der Waals surface area contributed by atoms with Crippen LogP contribution in [0.5, 0.6) is 0 Å². The van der Waals surface area contributed by atoms with E-state index < -0.39 is 23.4 Å². The van der Waals surface area contributed by atoms with Gasteiger partial charge in [0.2, 0.25) is 11.8 Å². The molecule has 4 amide bonds. The molecule has 2 aromatic carbocycles. The van der Waals surface area contributed by atoms with Crippen LogP contribution < -0.4 is 37.2 Å². The number of ketones is 1. The number of urea groups is 1. The molecule has 2 heterocycles. The summed E-state index contributed by atoms with van der Waals surface area (Å²) in [5.41, 5.74) is 8.38. The molecule has 0 bridgehead atoms. The number of benzene rings is 2. The second kappa shape index (κ2) is 17.4. The highest BCUT2D eigenvalue weighted by atomic mass is 16.2. The number of aryl methyl sites for hydroxylation is 1. The van der Waals surface area contributed by atoms with Crippen molar-refractivity contribution >= 4 is 40.7 Å². The molecule has 1 atom stereocenters. The highest BCUT2D eigenvalue weighted by Gasteiger charge is 2.45. The van der Waals surface area contributed by atoms with Crippen LogP contribution in [-0.4, -0.2) is 68.9 Å². The lowest BCUT2D eigenvalue weighted by molar-refractivity contribution is -0.137. The lowest BCUT2D eigenvalue weighted by Crippen LogP contribution is -2.52. The fourth-order valence-corrected chi connectivity index (χ4v) is 7.62. The van der Waals surface area contributed by atoms with Gasteiger partial charge in [0, 0.05) is 43.1 Å². The zero-order valence-electron chi connectivity index (χ0n) is 28.2. The van der Waals surface area contributed by atoms with Gasteiger partial charge in [-0.3, -0.25) is 14.4 Å². The normalized spacial score (nSPS) is 19.0. The molecule has 11 heteroatoms. The largest absolute Gasteiger partial charge is 0.369 e. The SMILES string of the molecule is NC(=O)C(CC1(C(=O)C2CCNCC2)CCCCC1)NC(=O)Nc1ccc(N2CCCNCC2)c(NC(=O)CCCc2ccccc2)c1. The Morgan fingerprint density at radius 2 is 1.62 bits per heavy atom. The molecule has 2 aliphatic heterocycles. The first-order chi connectivity index (χ1) is 23.3. The van der Waals surface area contributed by atoms with Crippen LogP contribution in [-0.2, 0) is 20.8 Å². The summed E-state index contributed by atoms with van der Waals surface area (Å²) < 4.78 is 0. The van der Waals surface area contributed by atoms with E-state index >= 15 is 0 Å². The molecule has 0 spiro atoms. The Bertz CT molecular complexity index is 1380. The van der Waals surface area contributed by atoms with Gasteiger partial charge in [0.05, 0.1) is 11.4 Å². The zero-order valence-corrected chi connectivity index (χ0v) is 28.2. The van der Waals surface area contributed by atoms with Crippen LogP contribution >= 0.6 is 0 Å². The molecule has 260 valence electrons. The number of carbonyl (C=O) groups is 4. The monoisotopic (exact) mass is 659 g/mol. The number of nitrogens with two attached hydrogens (primary N) is 1. The van der Waals surface area contributed by atoms with E-state index in [4.69, 9.17) is 5.73 Å². The summed E-state index contributed by atoms with van der Waals surface area (Å²) in [6.45, 7) is 5.04. The number of primary amides is 1. The van der Waals surface area contributed by atoms with Crippen LogP contribution in [0.1, 0.15) is 76.2 Å². The van der Waals surface area contributed by atoms with Gasteiger partial charge >= 0.3 is 6.03 Å². The summed E-state index contributed by atoms with van der Waals surface area (Å²) in [5, 5.41) is 15.5. The minimum Gasteiger partial charge on any atom is -0.369 e. The van der Waals surface area contributed by atoms with Gasteiger partial charge in [-0.1, -0.05) is 49.6 Å². The Labute approximate surface area is 284 Å². The topological polar surface area (TPSA) is 158 Å². The maximum absolute atomic E-state index is 13.9. The fraction of sp³-hybridized carbons (Fsp3) is 0.568. The second-order valence-corrected chi connectivity index (χ2v) is 13.7. The lowest BCUT2D eigenvalue weighted by Gasteiger charge is -2.41. The van der Waals surface area contributed by atoms with Crippen LogP contribution in [0.4, 0.5) is 21.9 Å². The Morgan fingerprint density at radius 3 is 2.38 bits per heavy atom. The third kappa shape index (κ3) is 9.79. The molecule has 7 N–H and O–H groups in total. The number of anilines is 3. The number of nitrogens with zero attached hydrogens (tertiary/aromatic N) is 1. The van der Waals surface area contributed by atoms with Gasteiger partial charge in [-0.15, -0.1) is 0 Å². The molecule has 1 unspecified atom stereocenters. The highest BCUT2D eigenvalue weighted by Crippen LogP contribution is 2.44. The molecule has 3 aliphatic rings. The van der Waals surface area contributed by atoms with Gasteiger partial charge < -0.3 is 37.2 Å². The Hall–Kier alpha value is -3.96. The number of Topliss-reactive ketones (excluding diaryl/α,β-unsaturated/α-hetero) is 1. The molecule has 2 saturated heterocycles. The van der Waals surface area contributed by atoms with Crippen molar-refractivity contribution in [2.45, 2.75) is 83.1 Å². The van der Waals surface area contributed by atoms with Crippen molar-refractivity contribution in [2.75, 3.05) is 54.8 Å². The van der Waals surface area contributed by atoms with Gasteiger partial charge in [0.15, 0.2) is 0 Å². The minimum absolute atomic E-state index is 0.0304. The Kier molecular flexibility index (Phi) is 12.8. The summed E-state index contributed by atoms with van der Waals surface area (Å²) in [7, 11) is 0. The van der Waals surface area contributed by atoms with Crippen molar-refractivity contribution < 1.29 is 19.2 Å². The summed E-state index contributed by atoms with van der Waals surface area (Å²) in [6.07, 6.45) is 9.02. The number of amides is 4. The molecule has 0 radical (unpaired) electrons. The number of carbonyl (C=O) groups excluding carboxylic acids is 4. The number of hydrogen-bond acceptors (Lipinski definition) is 7. The van der Waals surface area contributed by atoms with Crippen molar-refractivity contribution in [3.63, 3.8) is 0 Å². The molecule has 1 saturated carbocycles. The quantitative estimate of drug-likeness (QED) is 0.187. The first-order valence-electron chi connectivity index (χ1n) is 17.9. The Morgan fingerprint density at radius 1 is 0.875 bits per heavy atom. The average Bonchev–Trinajstić information content (AvgIpc) is 3.39. The molecular formula is C37H53N7O4. The van der Waals surface area contributed by atoms with Crippen LogP contribution in [0.2, 0.25) is 0 Å². The maximum atomic E-state index is 13.9. The number of nitrogens with one attached hydrogen (secondary N) is 5. The smallest absolute Gasteiger partial charge is 0.319 e. The van der Waals surface area contributed by atoms with Gasteiger partial charge in [-0.2, -0.15) is 0 Å². The van der Waals surface area contributed by atoms with E-state index in [1.807, 2.05) is 24.3 Å². The molecule has 5 rings (SSSR count). The summed E-state index contributed by atoms with van der Waals surface area (Å²) >= 11 is 0. The number of piperidine rings is 1.